The van der Waals surface area contributed by atoms with E-state index in [4.69, 9.17) is 9.72 Å². The molecule has 12 aromatic heterocycles. The Morgan fingerprint density at radius 2 is 0.738 bits per heavy atom. The third-order valence-corrected chi connectivity index (χ3v) is 31.3. The number of halogens is 5. The van der Waals surface area contributed by atoms with E-state index in [0.29, 0.717) is 88.6 Å². The van der Waals surface area contributed by atoms with Crippen molar-refractivity contribution < 1.29 is 55.5 Å². The van der Waals surface area contributed by atoms with Gasteiger partial charge >= 0.3 is 6.18 Å². The molecule has 0 radical (unpaired) electrons. The fourth-order valence-corrected chi connectivity index (χ4v) is 23.7. The van der Waals surface area contributed by atoms with Gasteiger partial charge in [-0.25, -0.2) is 38.7 Å². The number of pyridine rings is 5. The Bertz CT molecular complexity index is 6790. The second-order valence-corrected chi connectivity index (χ2v) is 43.4. The zero-order valence-corrected chi connectivity index (χ0v) is 81.4. The largest absolute Gasteiger partial charge is 0.435 e. The highest BCUT2D eigenvalue weighted by Gasteiger charge is 2.63. The number of aryl methyl sites for hydroxylation is 1. The Morgan fingerprint density at radius 3 is 1.16 bits per heavy atom. The molecule has 19 heterocycles. The van der Waals surface area contributed by atoms with Crippen LogP contribution in [0.1, 0.15) is 147 Å². The van der Waals surface area contributed by atoms with E-state index in [0.717, 1.165) is 147 Å². The minimum Gasteiger partial charge on any atom is -0.377 e. The summed E-state index contributed by atoms with van der Waals surface area (Å²) in [5.41, 5.74) is 2.14. The molecule has 0 bridgehead atoms. The lowest BCUT2D eigenvalue weighted by atomic mass is 10.0. The SMILES string of the molecule is CC(C)(NC(=O)C1[C@H]2CNC[C@@H]12)c1nc(C#N)c2ccccn12.CC(C)(NC(=O)C1[C@H]2CNC[C@@H]12)c1nc(C(F)(F)F)c2c(F)cccn12.CC(C)(NC(=O)C1[C@H]2CNC[C@@H]12)c1nc(C2=CCOCC2)c2ccccn12.CC(C)(NC(=O)C1[C@H]2CNC[C@@H]12)c1ncc2c(F)cccn12.CC(C)(NC(=O)C1[C@H]2CNC[C@@H]12)c1ncc2cnccn12.Cc1cccn2c(C(C)(C)NC(=O)C3[C@H]4CNC[C@@H]34)ncc12. The van der Waals surface area contributed by atoms with Crippen molar-refractivity contribution in [3.8, 4) is 6.07 Å². The summed E-state index contributed by atoms with van der Waals surface area (Å²) in [4.78, 5) is 106. The number of ether oxygens (including phenoxy) is 1. The molecule has 0 spiro atoms. The van der Waals surface area contributed by atoms with E-state index in [2.05, 4.69) is 134 Å². The standard InChI is InChI=1S/C21H26N4O2.C17H18F4N4O.C17H19N5O.C17H22N4O.C16H19FN4O.C15H19N5O/c1-21(2,24-19(26)17-14-11-22-12-15(14)17)20-23-18(13-6-9-27-10-7-13)16-5-3-4-8-25(16)20;1-16(2,24-14(26)11-8-6-22-7-9(8)11)15-23-13(17(19,20)21)12-10(18)4-3-5-25(12)15;1-17(2,21-15(23)14-10-8-19-9-11(10)14)16-20-12(7-18)13-5-3-4-6-22(13)16;1-10-5-4-6-21-13(10)9-19-16(21)17(2,3)20-15(22)14-11-7-18-8-12(11)14;1-16(2,20-14(22)13-9-6-18-7-10(9)13)15-19-8-12-11(17)4-3-5-21(12)15;1-15(2,14-18-6-9-5-16-3-4-20(9)14)19-13(21)12-10-7-17-8-11(10)12/h3-6,8,14-15,17,22H,7,9-12H2,1-2H3,(H,24,26);3-5,8-9,11,22H,6-7H2,1-2H3,(H,24,26);3-6,10-11,14,19H,8-9H2,1-2H3,(H,21,23);4-6,9,11-12,14,18H,7-8H2,1-3H3,(H,20,22);3-5,8-10,13,18H,6-7H2,1-2H3,(H,20,22);3-6,10-12,17H,7-8H2,1-2H3,(H,19,21)/t14-,15+,17?;8-,9+,11?;10-,11+,14?;11-,12+,14?;9-,10+,13?;10-,11+,12?. The number of nitriles is 1. The molecule has 18 atom stereocenters. The zero-order chi connectivity index (χ0) is 99.2. The molecule has 13 aliphatic rings. The van der Waals surface area contributed by atoms with E-state index >= 15 is 0 Å². The van der Waals surface area contributed by atoms with Gasteiger partial charge in [0.05, 0.1) is 99.0 Å². The number of nitrogens with zero attached hydrogens (tertiary/aromatic N) is 14. The Hall–Kier alpha value is -12.5. The van der Waals surface area contributed by atoms with Crippen LogP contribution in [-0.4, -0.2) is 188 Å². The molecular formula is C103H123F5N26O7. The average Bonchev–Trinajstić information content (AvgIpc) is 1.51. The monoisotopic (exact) mass is 1930 g/mol. The van der Waals surface area contributed by atoms with Crippen molar-refractivity contribution in [2.24, 2.45) is 107 Å². The average molecular weight is 1930 g/mol. The molecule has 7 aliphatic heterocycles. The van der Waals surface area contributed by atoms with E-state index in [9.17, 15) is 56.0 Å². The molecule has 6 aliphatic carbocycles. The maximum atomic E-state index is 14.1. The topological polar surface area (TPSA) is 396 Å². The van der Waals surface area contributed by atoms with Gasteiger partial charge in [-0.2, -0.15) is 18.4 Å². The lowest BCUT2D eigenvalue weighted by molar-refractivity contribution is -0.140. The number of piperidine rings is 6. The smallest absolute Gasteiger partial charge is 0.377 e. The summed E-state index contributed by atoms with van der Waals surface area (Å²) in [5.74, 6) is 9.27. The predicted octanol–water partition coefficient (Wildman–Crippen LogP) is 8.58. The highest BCUT2D eigenvalue weighted by Crippen LogP contribution is 2.54. The summed E-state index contributed by atoms with van der Waals surface area (Å²) in [6.45, 7) is 37.5. The van der Waals surface area contributed by atoms with E-state index in [1.165, 1.54) is 35.7 Å². The van der Waals surface area contributed by atoms with Crippen molar-refractivity contribution in [1.82, 2.24) is 125 Å². The quantitative estimate of drug-likeness (QED) is 0.0337. The van der Waals surface area contributed by atoms with Crippen molar-refractivity contribution in [3.63, 3.8) is 0 Å². The summed E-state index contributed by atoms with van der Waals surface area (Å²) < 4.78 is 84.1. The van der Waals surface area contributed by atoms with Gasteiger partial charge < -0.3 is 81.7 Å². The Balaban J connectivity index is 0.000000104. The number of carbonyl (C=O) groups excluding carboxylic acids is 6. The van der Waals surface area contributed by atoms with Gasteiger partial charge in [0.25, 0.3) is 0 Å². The first kappa shape index (κ1) is 96.0. The molecule has 742 valence electrons. The van der Waals surface area contributed by atoms with Crippen LogP contribution in [0.4, 0.5) is 22.0 Å². The molecule has 12 aromatic rings. The zero-order valence-electron chi connectivity index (χ0n) is 81.4. The fraction of sp³-hybridized carbons (Fsp3) is 0.515. The number of imidazole rings is 6. The van der Waals surface area contributed by atoms with E-state index in [1.807, 2.05) is 145 Å². The van der Waals surface area contributed by atoms with Gasteiger partial charge in [0, 0.05) is 78.9 Å². The van der Waals surface area contributed by atoms with Crippen LogP contribution in [0, 0.1) is 136 Å². The van der Waals surface area contributed by atoms with E-state index < -0.39 is 56.4 Å². The first-order valence-corrected chi connectivity index (χ1v) is 49.1. The summed E-state index contributed by atoms with van der Waals surface area (Å²) in [6.07, 6.45) is 17.7. The van der Waals surface area contributed by atoms with Crippen molar-refractivity contribution in [2.75, 3.05) is 91.8 Å². The van der Waals surface area contributed by atoms with Crippen LogP contribution in [0.5, 0.6) is 0 Å². The number of fused-ring (bicyclic) bond motifs is 12. The second kappa shape index (κ2) is 36.5. The number of carbonyl (C=O) groups is 6. The Labute approximate surface area is 812 Å². The molecule has 6 unspecified atom stereocenters. The van der Waals surface area contributed by atoms with Crippen LogP contribution in [0.3, 0.4) is 0 Å². The minimum atomic E-state index is -4.80. The lowest BCUT2D eigenvalue weighted by Crippen LogP contribution is -2.44. The summed E-state index contributed by atoms with van der Waals surface area (Å²) in [5, 5.41) is 47.7. The fourth-order valence-electron chi connectivity index (χ4n) is 23.7. The molecule has 38 heteroatoms. The number of amides is 6. The predicted molar refractivity (Wildman–Crippen MR) is 514 cm³/mol. The van der Waals surface area contributed by atoms with Gasteiger partial charge in [0.1, 0.15) is 63.7 Å². The Kier molecular flexibility index (Phi) is 24.8. The molecule has 12 N–H and O–H groups in total. The highest BCUT2D eigenvalue weighted by molar-refractivity contribution is 5.87. The summed E-state index contributed by atoms with van der Waals surface area (Å²) in [6, 6.07) is 23.3. The normalized spacial score (nSPS) is 26.7. The van der Waals surface area contributed by atoms with Crippen molar-refractivity contribution >= 4 is 74.1 Å². The summed E-state index contributed by atoms with van der Waals surface area (Å²) in [7, 11) is 0. The first-order chi connectivity index (χ1) is 67.2. The molecule has 6 saturated heterocycles. The third kappa shape index (κ3) is 18.3. The molecule has 33 nitrogen and oxygen atoms in total. The van der Waals surface area contributed by atoms with Crippen LogP contribution in [0.25, 0.3) is 38.7 Å². The number of hydrogen-bond acceptors (Lipinski definition) is 21. The van der Waals surface area contributed by atoms with E-state index in [1.54, 1.807) is 49.1 Å². The first-order valence-electron chi connectivity index (χ1n) is 49.1. The van der Waals surface area contributed by atoms with Crippen LogP contribution >= 0.6 is 0 Å². The van der Waals surface area contributed by atoms with Crippen molar-refractivity contribution in [2.45, 2.75) is 136 Å². The van der Waals surface area contributed by atoms with Gasteiger partial charge in [0.15, 0.2) is 11.4 Å². The third-order valence-electron chi connectivity index (χ3n) is 31.3. The maximum Gasteiger partial charge on any atom is 0.435 e. The number of hydrogen-bond donors (Lipinski definition) is 12. The lowest BCUT2D eigenvalue weighted by Gasteiger charge is -2.26. The maximum absolute atomic E-state index is 14.1. The van der Waals surface area contributed by atoms with Crippen LogP contribution in [0.15, 0.2) is 147 Å². The molecule has 12 fully saturated rings. The van der Waals surface area contributed by atoms with Crippen LogP contribution < -0.4 is 63.8 Å². The van der Waals surface area contributed by atoms with Gasteiger partial charge in [-0.15, -0.1) is 0 Å². The highest BCUT2D eigenvalue weighted by atomic mass is 19.4. The van der Waals surface area contributed by atoms with Crippen molar-refractivity contribution in [1.29, 1.82) is 5.26 Å². The molecular weight excluding hydrogens is 1810 g/mol. The van der Waals surface area contributed by atoms with Gasteiger partial charge in [-0.3, -0.25) is 47.0 Å². The van der Waals surface area contributed by atoms with Gasteiger partial charge in [-0.1, -0.05) is 24.3 Å². The number of alkyl halides is 3. The molecule has 6 amide bonds. The molecule has 25 rings (SSSR count). The van der Waals surface area contributed by atoms with Crippen molar-refractivity contribution in [3.05, 3.63) is 216 Å². The van der Waals surface area contributed by atoms with Crippen LogP contribution in [-0.2, 0) is 72.9 Å². The molecule has 0 aromatic carbocycles. The summed E-state index contributed by atoms with van der Waals surface area (Å²) >= 11 is 0. The number of nitrogens with one attached hydrogen (secondary N) is 12. The molecule has 141 heavy (non-hydrogen) atoms. The Morgan fingerprint density at radius 1 is 0.390 bits per heavy atom. The number of rotatable bonds is 19. The number of aromatic nitrogens is 13. The van der Waals surface area contributed by atoms with Gasteiger partial charge in [-0.05, 0) is 312 Å². The molecule has 6 saturated carbocycles. The second-order valence-electron chi connectivity index (χ2n) is 43.4. The van der Waals surface area contributed by atoms with E-state index in [-0.39, 0.29) is 94.4 Å². The van der Waals surface area contributed by atoms with Crippen LogP contribution in [0.2, 0.25) is 0 Å². The van der Waals surface area contributed by atoms with Gasteiger partial charge in [0.2, 0.25) is 35.4 Å². The minimum absolute atomic E-state index is 0.0587.